The summed E-state index contributed by atoms with van der Waals surface area (Å²) >= 11 is 1.68. The number of aryl methyl sites for hydroxylation is 2. The highest BCUT2D eigenvalue weighted by molar-refractivity contribution is 7.08. The molecular formula is C16H23N3S. The number of hydrogen-bond donors (Lipinski definition) is 1. The van der Waals surface area contributed by atoms with Gasteiger partial charge in [0.1, 0.15) is 0 Å². The van der Waals surface area contributed by atoms with E-state index in [9.17, 15) is 0 Å². The summed E-state index contributed by atoms with van der Waals surface area (Å²) in [7, 11) is 0. The van der Waals surface area contributed by atoms with Gasteiger partial charge >= 0.3 is 0 Å². The normalized spacial score (nSPS) is 11.8. The fourth-order valence-electron chi connectivity index (χ4n) is 2.18. The lowest BCUT2D eigenvalue weighted by Gasteiger charge is -2.21. The van der Waals surface area contributed by atoms with Crippen LogP contribution in [0.5, 0.6) is 0 Å². The van der Waals surface area contributed by atoms with Gasteiger partial charge in [-0.3, -0.25) is 0 Å². The minimum absolute atomic E-state index is 0.152. The van der Waals surface area contributed by atoms with Crippen molar-refractivity contribution in [3.8, 4) is 11.4 Å². The van der Waals surface area contributed by atoms with Crippen molar-refractivity contribution in [3.63, 3.8) is 0 Å². The van der Waals surface area contributed by atoms with E-state index in [1.807, 2.05) is 0 Å². The summed E-state index contributed by atoms with van der Waals surface area (Å²) in [6.07, 6.45) is 0.971. The van der Waals surface area contributed by atoms with Crippen LogP contribution >= 0.6 is 11.3 Å². The fourth-order valence-corrected chi connectivity index (χ4v) is 2.82. The summed E-state index contributed by atoms with van der Waals surface area (Å²) in [4.78, 5) is 9.32. The standard InChI is InChI=1S/C16H23N3S/c1-11-14(6-8-17-16(3,4)5)12(2)19-15(18-11)13-7-9-20-10-13/h7,9-10,17H,6,8H2,1-5H3. The predicted molar refractivity (Wildman–Crippen MR) is 86.3 cm³/mol. The highest BCUT2D eigenvalue weighted by Gasteiger charge is 2.12. The maximum Gasteiger partial charge on any atom is 0.160 e. The quantitative estimate of drug-likeness (QED) is 0.931. The van der Waals surface area contributed by atoms with E-state index in [-0.39, 0.29) is 5.54 Å². The largest absolute Gasteiger partial charge is 0.312 e. The second-order valence-corrected chi connectivity index (χ2v) is 6.92. The Kier molecular flexibility index (Phi) is 4.55. The van der Waals surface area contributed by atoms with Gasteiger partial charge in [0.2, 0.25) is 0 Å². The third kappa shape index (κ3) is 3.87. The lowest BCUT2D eigenvalue weighted by Crippen LogP contribution is -2.37. The average Bonchev–Trinajstić information content (AvgIpc) is 2.84. The molecule has 0 aliphatic rings. The van der Waals surface area contributed by atoms with Crippen LogP contribution in [0.25, 0.3) is 11.4 Å². The molecule has 2 heterocycles. The summed E-state index contributed by atoms with van der Waals surface area (Å²) in [5, 5.41) is 7.67. The van der Waals surface area contributed by atoms with E-state index in [0.717, 1.165) is 35.7 Å². The molecule has 2 rings (SSSR count). The Balaban J connectivity index is 2.15. The van der Waals surface area contributed by atoms with Crippen LogP contribution in [0.15, 0.2) is 16.8 Å². The molecular weight excluding hydrogens is 266 g/mol. The SMILES string of the molecule is Cc1nc(-c2ccsc2)nc(C)c1CCNC(C)(C)C. The molecule has 0 aliphatic carbocycles. The molecule has 2 aromatic heterocycles. The zero-order valence-electron chi connectivity index (χ0n) is 12.9. The number of hydrogen-bond acceptors (Lipinski definition) is 4. The molecule has 20 heavy (non-hydrogen) atoms. The number of thiophene rings is 1. The Labute approximate surface area is 125 Å². The molecule has 0 amide bonds. The zero-order chi connectivity index (χ0) is 14.8. The molecule has 0 saturated carbocycles. The third-order valence-corrected chi connectivity index (χ3v) is 3.91. The molecule has 1 N–H and O–H groups in total. The topological polar surface area (TPSA) is 37.8 Å². The van der Waals surface area contributed by atoms with Gasteiger partial charge in [-0.2, -0.15) is 11.3 Å². The van der Waals surface area contributed by atoms with Crippen LogP contribution < -0.4 is 5.32 Å². The van der Waals surface area contributed by atoms with Gasteiger partial charge in [-0.25, -0.2) is 9.97 Å². The lowest BCUT2D eigenvalue weighted by atomic mass is 10.1. The summed E-state index contributed by atoms with van der Waals surface area (Å²) in [5.74, 6) is 0.841. The lowest BCUT2D eigenvalue weighted by molar-refractivity contribution is 0.429. The average molecular weight is 289 g/mol. The second-order valence-electron chi connectivity index (χ2n) is 6.14. The van der Waals surface area contributed by atoms with Gasteiger partial charge in [0.25, 0.3) is 0 Å². The van der Waals surface area contributed by atoms with Crippen LogP contribution in [0.2, 0.25) is 0 Å². The first-order valence-electron chi connectivity index (χ1n) is 6.98. The molecule has 4 heteroatoms. The Morgan fingerprint density at radius 1 is 1.15 bits per heavy atom. The minimum atomic E-state index is 0.152. The smallest absolute Gasteiger partial charge is 0.160 e. The number of rotatable bonds is 4. The van der Waals surface area contributed by atoms with E-state index >= 15 is 0 Å². The van der Waals surface area contributed by atoms with Crippen LogP contribution in [-0.4, -0.2) is 22.1 Å². The summed E-state index contributed by atoms with van der Waals surface area (Å²) < 4.78 is 0. The van der Waals surface area contributed by atoms with Gasteiger partial charge < -0.3 is 5.32 Å². The maximum atomic E-state index is 4.66. The van der Waals surface area contributed by atoms with Crippen LogP contribution in [0, 0.1) is 13.8 Å². The molecule has 0 bridgehead atoms. The van der Waals surface area contributed by atoms with Crippen molar-refractivity contribution in [2.24, 2.45) is 0 Å². The molecule has 0 spiro atoms. The van der Waals surface area contributed by atoms with Crippen molar-refractivity contribution in [2.45, 2.75) is 46.6 Å². The van der Waals surface area contributed by atoms with Crippen LogP contribution in [0.3, 0.4) is 0 Å². The van der Waals surface area contributed by atoms with Gasteiger partial charge in [0.15, 0.2) is 5.82 Å². The zero-order valence-corrected chi connectivity index (χ0v) is 13.8. The van der Waals surface area contributed by atoms with Crippen molar-refractivity contribution in [1.29, 1.82) is 0 Å². The number of nitrogens with zero attached hydrogens (tertiary/aromatic N) is 2. The maximum absolute atomic E-state index is 4.66. The van der Waals surface area contributed by atoms with Crippen LogP contribution in [0.4, 0.5) is 0 Å². The van der Waals surface area contributed by atoms with E-state index in [4.69, 9.17) is 0 Å². The first kappa shape index (κ1) is 15.1. The van der Waals surface area contributed by atoms with E-state index < -0.39 is 0 Å². The molecule has 0 aliphatic heterocycles. The Bertz CT molecular complexity index is 545. The van der Waals surface area contributed by atoms with Crippen molar-refractivity contribution >= 4 is 11.3 Å². The van der Waals surface area contributed by atoms with E-state index in [2.05, 4.69) is 66.7 Å². The Morgan fingerprint density at radius 2 is 1.80 bits per heavy atom. The van der Waals surface area contributed by atoms with Crippen LogP contribution in [-0.2, 0) is 6.42 Å². The molecule has 0 unspecified atom stereocenters. The molecule has 0 atom stereocenters. The number of nitrogens with one attached hydrogen (secondary N) is 1. The molecule has 3 nitrogen and oxygen atoms in total. The highest BCUT2D eigenvalue weighted by atomic mass is 32.1. The van der Waals surface area contributed by atoms with Gasteiger partial charge in [-0.1, -0.05) is 0 Å². The second kappa shape index (κ2) is 6.02. The molecule has 2 aromatic rings. The molecule has 0 aromatic carbocycles. The van der Waals surface area contributed by atoms with Gasteiger partial charge in [-0.05, 0) is 64.6 Å². The number of aromatic nitrogens is 2. The molecule has 0 saturated heterocycles. The minimum Gasteiger partial charge on any atom is -0.312 e. The van der Waals surface area contributed by atoms with Crippen molar-refractivity contribution < 1.29 is 0 Å². The van der Waals surface area contributed by atoms with Crippen molar-refractivity contribution in [2.75, 3.05) is 6.54 Å². The summed E-state index contributed by atoms with van der Waals surface area (Å²) in [6, 6.07) is 2.07. The highest BCUT2D eigenvalue weighted by Crippen LogP contribution is 2.21. The van der Waals surface area contributed by atoms with E-state index in [0.29, 0.717) is 0 Å². The van der Waals surface area contributed by atoms with Crippen molar-refractivity contribution in [1.82, 2.24) is 15.3 Å². The molecule has 108 valence electrons. The first-order valence-corrected chi connectivity index (χ1v) is 7.93. The summed E-state index contributed by atoms with van der Waals surface area (Å²) in [5.41, 5.74) is 4.71. The monoisotopic (exact) mass is 289 g/mol. The molecule has 0 radical (unpaired) electrons. The summed E-state index contributed by atoms with van der Waals surface area (Å²) in [6.45, 7) is 11.7. The van der Waals surface area contributed by atoms with Gasteiger partial charge in [-0.15, -0.1) is 0 Å². The van der Waals surface area contributed by atoms with E-state index in [1.165, 1.54) is 5.56 Å². The Morgan fingerprint density at radius 3 is 2.30 bits per heavy atom. The Hall–Kier alpha value is -1.26. The van der Waals surface area contributed by atoms with Crippen LogP contribution in [0.1, 0.15) is 37.7 Å². The van der Waals surface area contributed by atoms with E-state index in [1.54, 1.807) is 11.3 Å². The van der Waals surface area contributed by atoms with Crippen molar-refractivity contribution in [3.05, 3.63) is 33.8 Å². The van der Waals surface area contributed by atoms with Gasteiger partial charge in [0.05, 0.1) is 0 Å². The molecule has 0 fully saturated rings. The first-order chi connectivity index (χ1) is 9.37. The van der Waals surface area contributed by atoms with Gasteiger partial charge in [0, 0.05) is 27.9 Å². The third-order valence-electron chi connectivity index (χ3n) is 3.23. The predicted octanol–water partition coefficient (Wildman–Crippen LogP) is 3.75. The fraction of sp³-hybridized carbons (Fsp3) is 0.500.